The third-order valence-electron chi connectivity index (χ3n) is 5.13. The lowest BCUT2D eigenvalue weighted by Crippen LogP contribution is -2.45. The first-order chi connectivity index (χ1) is 13.0. The van der Waals surface area contributed by atoms with E-state index in [0.717, 1.165) is 20.9 Å². The van der Waals surface area contributed by atoms with Gasteiger partial charge in [-0.05, 0) is 48.2 Å². The lowest BCUT2D eigenvalue weighted by atomic mass is 9.84. The smallest absolute Gasteiger partial charge is 0.263 e. The summed E-state index contributed by atoms with van der Waals surface area (Å²) < 4.78 is 0. The third kappa shape index (κ3) is 3.79. The van der Waals surface area contributed by atoms with Crippen molar-refractivity contribution in [3.63, 3.8) is 0 Å². The number of carbonyl (C=O) groups excluding carboxylic acids is 1. The molecule has 0 saturated carbocycles. The number of thiophene rings is 1. The molecule has 3 aromatic rings. The fourth-order valence-corrected chi connectivity index (χ4v) is 4.60. The minimum absolute atomic E-state index is 0.0420. The van der Waals surface area contributed by atoms with Crippen LogP contribution in [0.5, 0.6) is 0 Å². The number of amides is 1. The summed E-state index contributed by atoms with van der Waals surface area (Å²) in [5, 5.41) is 11.6. The van der Waals surface area contributed by atoms with Gasteiger partial charge < -0.3 is 10.0 Å². The molecule has 1 amide bonds. The van der Waals surface area contributed by atoms with Crippen LogP contribution >= 0.6 is 22.9 Å². The van der Waals surface area contributed by atoms with Crippen molar-refractivity contribution in [3.05, 3.63) is 82.2 Å². The molecule has 2 aromatic carbocycles. The SMILES string of the molecule is O=C(c1ccc(-c2ccccc2)s1)N1CCC(O)(c2ccc(Cl)cc2)CC1. The number of likely N-dealkylation sites (tertiary alicyclic amines) is 1. The molecule has 27 heavy (non-hydrogen) atoms. The molecule has 0 radical (unpaired) electrons. The van der Waals surface area contributed by atoms with E-state index in [9.17, 15) is 9.90 Å². The highest BCUT2D eigenvalue weighted by Gasteiger charge is 2.35. The van der Waals surface area contributed by atoms with Crippen molar-refractivity contribution in [1.82, 2.24) is 4.90 Å². The van der Waals surface area contributed by atoms with Crippen LogP contribution in [0.3, 0.4) is 0 Å². The monoisotopic (exact) mass is 397 g/mol. The van der Waals surface area contributed by atoms with Gasteiger partial charge in [0.15, 0.2) is 0 Å². The maximum absolute atomic E-state index is 12.9. The lowest BCUT2D eigenvalue weighted by Gasteiger charge is -2.38. The number of nitrogens with zero attached hydrogens (tertiary/aromatic N) is 1. The molecule has 1 aliphatic heterocycles. The molecular weight excluding hydrogens is 378 g/mol. The normalized spacial score (nSPS) is 16.3. The predicted molar refractivity (Wildman–Crippen MR) is 110 cm³/mol. The van der Waals surface area contributed by atoms with Crippen LogP contribution in [0.25, 0.3) is 10.4 Å². The van der Waals surface area contributed by atoms with Gasteiger partial charge in [0.25, 0.3) is 5.91 Å². The molecule has 3 nitrogen and oxygen atoms in total. The second-order valence-corrected chi connectivity index (χ2v) is 8.38. The van der Waals surface area contributed by atoms with Crippen LogP contribution in [-0.4, -0.2) is 29.0 Å². The number of hydrogen-bond donors (Lipinski definition) is 1. The van der Waals surface area contributed by atoms with Crippen LogP contribution in [0.1, 0.15) is 28.1 Å². The van der Waals surface area contributed by atoms with Gasteiger partial charge in [0, 0.05) is 23.0 Å². The molecule has 0 unspecified atom stereocenters. The molecular formula is C22H20ClNO2S. The van der Waals surface area contributed by atoms with Crippen LogP contribution in [0, 0.1) is 0 Å². The van der Waals surface area contributed by atoms with E-state index in [1.807, 2.05) is 59.5 Å². The first-order valence-corrected chi connectivity index (χ1v) is 10.2. The molecule has 2 heterocycles. The van der Waals surface area contributed by atoms with Crippen molar-refractivity contribution in [3.8, 4) is 10.4 Å². The standard InChI is InChI=1S/C22H20ClNO2S/c23-18-8-6-17(7-9-18)22(26)12-14-24(15-13-22)21(25)20-11-10-19(27-20)16-4-2-1-3-5-16/h1-11,26H,12-15H2. The van der Waals surface area contributed by atoms with Crippen LogP contribution in [0.4, 0.5) is 0 Å². The zero-order valence-corrected chi connectivity index (χ0v) is 16.3. The second-order valence-electron chi connectivity index (χ2n) is 6.86. The fraction of sp³-hybridized carbons (Fsp3) is 0.227. The maximum Gasteiger partial charge on any atom is 0.263 e. The summed E-state index contributed by atoms with van der Waals surface area (Å²) >= 11 is 7.46. The Kier molecular flexibility index (Phi) is 5.04. The Morgan fingerprint density at radius 3 is 2.30 bits per heavy atom. The highest BCUT2D eigenvalue weighted by molar-refractivity contribution is 7.17. The van der Waals surface area contributed by atoms with Crippen LogP contribution in [-0.2, 0) is 5.60 Å². The van der Waals surface area contributed by atoms with Gasteiger partial charge >= 0.3 is 0 Å². The van der Waals surface area contributed by atoms with Gasteiger partial charge in [0.1, 0.15) is 0 Å². The molecule has 0 aliphatic carbocycles. The Hall–Kier alpha value is -2.14. The molecule has 5 heteroatoms. The Morgan fingerprint density at radius 1 is 0.963 bits per heavy atom. The predicted octanol–water partition coefficient (Wildman–Crippen LogP) is 5.19. The summed E-state index contributed by atoms with van der Waals surface area (Å²) in [5.74, 6) is 0.0420. The number of carbonyl (C=O) groups is 1. The van der Waals surface area contributed by atoms with Gasteiger partial charge in [-0.1, -0.05) is 54.1 Å². The van der Waals surface area contributed by atoms with E-state index in [-0.39, 0.29) is 5.91 Å². The molecule has 1 N–H and O–H groups in total. The number of rotatable bonds is 3. The summed E-state index contributed by atoms with van der Waals surface area (Å²) in [6, 6.07) is 21.3. The van der Waals surface area contributed by atoms with Crippen molar-refractivity contribution < 1.29 is 9.90 Å². The quantitative estimate of drug-likeness (QED) is 0.660. The van der Waals surface area contributed by atoms with E-state index in [4.69, 9.17) is 11.6 Å². The minimum Gasteiger partial charge on any atom is -0.385 e. The van der Waals surface area contributed by atoms with Crippen molar-refractivity contribution in [2.24, 2.45) is 0 Å². The van der Waals surface area contributed by atoms with E-state index in [1.54, 1.807) is 12.1 Å². The van der Waals surface area contributed by atoms with E-state index in [2.05, 4.69) is 0 Å². The van der Waals surface area contributed by atoms with Gasteiger partial charge in [0.2, 0.25) is 0 Å². The van der Waals surface area contributed by atoms with Gasteiger partial charge in [-0.3, -0.25) is 4.79 Å². The van der Waals surface area contributed by atoms with E-state index < -0.39 is 5.60 Å². The summed E-state index contributed by atoms with van der Waals surface area (Å²) in [4.78, 5) is 16.5. The van der Waals surface area contributed by atoms with E-state index in [0.29, 0.717) is 31.0 Å². The van der Waals surface area contributed by atoms with Gasteiger partial charge in [0.05, 0.1) is 10.5 Å². The topological polar surface area (TPSA) is 40.5 Å². The molecule has 0 atom stereocenters. The number of piperidine rings is 1. The first kappa shape index (κ1) is 18.2. The van der Waals surface area contributed by atoms with Crippen molar-refractivity contribution >= 4 is 28.8 Å². The minimum atomic E-state index is -0.897. The zero-order valence-electron chi connectivity index (χ0n) is 14.8. The fourth-order valence-electron chi connectivity index (χ4n) is 3.49. The summed E-state index contributed by atoms with van der Waals surface area (Å²) in [5.41, 5.74) is 1.09. The average Bonchev–Trinajstić information content (AvgIpc) is 3.19. The highest BCUT2D eigenvalue weighted by Crippen LogP contribution is 2.35. The Bertz CT molecular complexity index is 928. The van der Waals surface area contributed by atoms with Gasteiger partial charge in [-0.15, -0.1) is 11.3 Å². The van der Waals surface area contributed by atoms with E-state index >= 15 is 0 Å². The van der Waals surface area contributed by atoms with Gasteiger partial charge in [-0.2, -0.15) is 0 Å². The first-order valence-electron chi connectivity index (χ1n) is 8.98. The average molecular weight is 398 g/mol. The zero-order chi connectivity index (χ0) is 18.9. The number of hydrogen-bond acceptors (Lipinski definition) is 3. The Labute approximate surface area is 167 Å². The second kappa shape index (κ2) is 7.47. The molecule has 0 spiro atoms. The van der Waals surface area contributed by atoms with Crippen molar-refractivity contribution in [2.45, 2.75) is 18.4 Å². The third-order valence-corrected chi connectivity index (χ3v) is 6.51. The Balaban J connectivity index is 1.44. The highest BCUT2D eigenvalue weighted by atomic mass is 35.5. The number of halogens is 1. The molecule has 1 aliphatic rings. The largest absolute Gasteiger partial charge is 0.385 e. The number of benzene rings is 2. The van der Waals surface area contributed by atoms with Crippen LogP contribution in [0.2, 0.25) is 5.02 Å². The summed E-state index contributed by atoms with van der Waals surface area (Å²) in [7, 11) is 0. The van der Waals surface area contributed by atoms with Crippen molar-refractivity contribution in [2.75, 3.05) is 13.1 Å². The van der Waals surface area contributed by atoms with Crippen LogP contribution < -0.4 is 0 Å². The van der Waals surface area contributed by atoms with Crippen LogP contribution in [0.15, 0.2) is 66.7 Å². The molecule has 1 saturated heterocycles. The summed E-state index contributed by atoms with van der Waals surface area (Å²) in [6.07, 6.45) is 1.05. The number of aliphatic hydroxyl groups is 1. The molecule has 0 bridgehead atoms. The molecule has 138 valence electrons. The molecule has 1 fully saturated rings. The van der Waals surface area contributed by atoms with E-state index in [1.165, 1.54) is 11.3 Å². The molecule has 1 aromatic heterocycles. The maximum atomic E-state index is 12.9. The van der Waals surface area contributed by atoms with Crippen molar-refractivity contribution in [1.29, 1.82) is 0 Å². The Morgan fingerprint density at radius 2 is 1.63 bits per heavy atom. The summed E-state index contributed by atoms with van der Waals surface area (Å²) in [6.45, 7) is 1.08. The van der Waals surface area contributed by atoms with Gasteiger partial charge in [-0.25, -0.2) is 0 Å². The lowest BCUT2D eigenvalue weighted by molar-refractivity contribution is -0.0210. The molecule has 4 rings (SSSR count).